The molecule has 2 aliphatic heterocycles. The molecule has 2 saturated heterocycles. The van der Waals surface area contributed by atoms with E-state index >= 15 is 0 Å². The van der Waals surface area contributed by atoms with Crippen LogP contribution in [0.4, 0.5) is 0 Å². The second-order valence-corrected chi connectivity index (χ2v) is 9.51. The second-order valence-electron chi connectivity index (χ2n) is 8.31. The van der Waals surface area contributed by atoms with Crippen LogP contribution in [0.3, 0.4) is 0 Å². The van der Waals surface area contributed by atoms with Gasteiger partial charge in [0, 0.05) is 51.4 Å². The highest BCUT2D eigenvalue weighted by molar-refractivity contribution is 7.13. The third kappa shape index (κ3) is 4.29. The van der Waals surface area contributed by atoms with Crippen LogP contribution in [0.2, 0.25) is 0 Å². The van der Waals surface area contributed by atoms with Crippen LogP contribution in [0.1, 0.15) is 70.1 Å². The van der Waals surface area contributed by atoms with E-state index in [1.165, 1.54) is 11.3 Å². The van der Waals surface area contributed by atoms with Gasteiger partial charge in [-0.1, -0.05) is 5.16 Å². The van der Waals surface area contributed by atoms with Gasteiger partial charge in [-0.05, 0) is 46.0 Å². The van der Waals surface area contributed by atoms with Crippen LogP contribution in [-0.4, -0.2) is 66.0 Å². The van der Waals surface area contributed by atoms with Crippen LogP contribution in [-0.2, 0) is 14.9 Å². The number of ether oxygens (including phenoxy) is 2. The van der Waals surface area contributed by atoms with E-state index in [1.54, 1.807) is 7.11 Å². The molecule has 4 heterocycles. The van der Waals surface area contributed by atoms with Crippen molar-refractivity contribution in [3.05, 3.63) is 27.3 Å². The van der Waals surface area contributed by atoms with Crippen LogP contribution in [0.15, 0.2) is 4.52 Å². The molecule has 0 bridgehead atoms. The summed E-state index contributed by atoms with van der Waals surface area (Å²) in [6.45, 7) is 7.28. The number of carbonyl (C=O) groups is 1. The Balaban J connectivity index is 1.49. The van der Waals surface area contributed by atoms with E-state index in [2.05, 4.69) is 10.1 Å². The van der Waals surface area contributed by atoms with Crippen molar-refractivity contribution in [1.82, 2.24) is 20.0 Å². The highest BCUT2D eigenvalue weighted by Crippen LogP contribution is 2.39. The lowest BCUT2D eigenvalue weighted by Crippen LogP contribution is -2.46. The van der Waals surface area contributed by atoms with Crippen LogP contribution in [0.5, 0.6) is 0 Å². The number of nitrogens with zero attached hydrogens (tertiary/aromatic N) is 4. The second kappa shape index (κ2) is 9.11. The van der Waals surface area contributed by atoms with Gasteiger partial charge in [-0.2, -0.15) is 4.98 Å². The predicted octanol–water partition coefficient (Wildman–Crippen LogP) is 3.25. The van der Waals surface area contributed by atoms with Gasteiger partial charge in [-0.3, -0.25) is 4.79 Å². The molecular formula is C21H30N4O4S. The first kappa shape index (κ1) is 21.4. The number of likely N-dealkylation sites (tertiary alicyclic amines) is 1. The van der Waals surface area contributed by atoms with E-state index in [-0.39, 0.29) is 17.2 Å². The summed E-state index contributed by atoms with van der Waals surface area (Å²) < 4.78 is 16.5. The van der Waals surface area contributed by atoms with Crippen molar-refractivity contribution in [2.45, 2.75) is 57.3 Å². The average molecular weight is 435 g/mol. The number of hydrogen-bond acceptors (Lipinski definition) is 8. The largest absolute Gasteiger partial charge is 0.385 e. The number of aromatic nitrogens is 3. The Hall–Kier alpha value is -1.84. The van der Waals surface area contributed by atoms with E-state index in [1.807, 2.05) is 18.7 Å². The first-order valence-electron chi connectivity index (χ1n) is 10.7. The molecule has 2 aliphatic rings. The van der Waals surface area contributed by atoms with Crippen LogP contribution in [0.25, 0.3) is 0 Å². The molecule has 0 spiro atoms. The van der Waals surface area contributed by atoms with Gasteiger partial charge in [0.25, 0.3) is 5.91 Å². The average Bonchev–Trinajstić information content (AvgIpc) is 3.40. The molecule has 9 heteroatoms. The zero-order valence-corrected chi connectivity index (χ0v) is 18.8. The van der Waals surface area contributed by atoms with Gasteiger partial charge in [-0.25, -0.2) is 4.98 Å². The monoisotopic (exact) mass is 434 g/mol. The predicted molar refractivity (Wildman–Crippen MR) is 112 cm³/mol. The summed E-state index contributed by atoms with van der Waals surface area (Å²) in [6, 6.07) is 0. The molecule has 4 rings (SSSR count). The molecule has 0 unspecified atom stereocenters. The molecule has 0 aromatic carbocycles. The Labute approximate surface area is 181 Å². The number of methoxy groups -OCH3 is 1. The molecule has 164 valence electrons. The van der Waals surface area contributed by atoms with Crippen molar-refractivity contribution in [1.29, 1.82) is 0 Å². The summed E-state index contributed by atoms with van der Waals surface area (Å²) in [5.74, 6) is 1.84. The zero-order valence-electron chi connectivity index (χ0n) is 18.0. The molecule has 2 fully saturated rings. The van der Waals surface area contributed by atoms with Gasteiger partial charge in [0.15, 0.2) is 5.82 Å². The maximum atomic E-state index is 13.0. The van der Waals surface area contributed by atoms with Gasteiger partial charge in [0.2, 0.25) is 5.89 Å². The smallest absolute Gasteiger partial charge is 0.265 e. The number of amides is 1. The van der Waals surface area contributed by atoms with Gasteiger partial charge >= 0.3 is 0 Å². The number of hydrogen-bond donors (Lipinski definition) is 0. The molecule has 2 aromatic rings. The SMILES string of the molecule is COCCC1(c2noc(C3CCOCC3)n2)CCN(C(=O)c2sc(C)nc2C)CC1. The lowest BCUT2D eigenvalue weighted by atomic mass is 9.75. The molecule has 2 aromatic heterocycles. The Kier molecular flexibility index (Phi) is 6.50. The molecule has 1 amide bonds. The Morgan fingerprint density at radius 3 is 2.60 bits per heavy atom. The summed E-state index contributed by atoms with van der Waals surface area (Å²) in [5.41, 5.74) is 0.594. The van der Waals surface area contributed by atoms with Crippen molar-refractivity contribution >= 4 is 17.2 Å². The van der Waals surface area contributed by atoms with E-state index in [9.17, 15) is 4.79 Å². The summed E-state index contributed by atoms with van der Waals surface area (Å²) in [7, 11) is 1.71. The highest BCUT2D eigenvalue weighted by Gasteiger charge is 2.42. The quantitative estimate of drug-likeness (QED) is 0.689. The van der Waals surface area contributed by atoms with Crippen molar-refractivity contribution in [3.63, 3.8) is 0 Å². The molecule has 0 N–H and O–H groups in total. The minimum absolute atomic E-state index is 0.0782. The van der Waals surface area contributed by atoms with E-state index in [4.69, 9.17) is 19.0 Å². The standard InChI is InChI=1S/C21H30N4O4S/c1-14-17(30-15(2)22-14)19(26)25-9-6-21(7-10-25,8-13-27-3)20-23-18(29-24-20)16-4-11-28-12-5-16/h16H,4-13H2,1-3H3. The number of thiazole rings is 1. The molecule has 30 heavy (non-hydrogen) atoms. The molecular weight excluding hydrogens is 404 g/mol. The fourth-order valence-corrected chi connectivity index (χ4v) is 5.34. The number of carbonyl (C=O) groups excluding carboxylic acids is 1. The molecule has 0 saturated carbocycles. The third-order valence-electron chi connectivity index (χ3n) is 6.38. The van der Waals surface area contributed by atoms with E-state index in [0.717, 1.165) is 72.6 Å². The first-order valence-corrected chi connectivity index (χ1v) is 11.5. The number of aryl methyl sites for hydroxylation is 2. The molecule has 8 nitrogen and oxygen atoms in total. The number of piperidine rings is 1. The van der Waals surface area contributed by atoms with Crippen molar-refractivity contribution in [3.8, 4) is 0 Å². The zero-order chi connectivity index (χ0) is 21.1. The van der Waals surface area contributed by atoms with Gasteiger partial charge < -0.3 is 18.9 Å². The highest BCUT2D eigenvalue weighted by atomic mass is 32.1. The minimum Gasteiger partial charge on any atom is -0.385 e. The van der Waals surface area contributed by atoms with Gasteiger partial charge in [0.1, 0.15) is 4.88 Å². The minimum atomic E-state index is -0.224. The lowest BCUT2D eigenvalue weighted by molar-refractivity contribution is 0.0619. The van der Waals surface area contributed by atoms with Gasteiger partial charge in [-0.15, -0.1) is 11.3 Å². The normalized spacial score (nSPS) is 19.9. The first-order chi connectivity index (χ1) is 14.5. The topological polar surface area (TPSA) is 90.6 Å². The summed E-state index contributed by atoms with van der Waals surface area (Å²) >= 11 is 1.47. The van der Waals surface area contributed by atoms with Crippen molar-refractivity contribution in [2.75, 3.05) is 40.0 Å². The maximum Gasteiger partial charge on any atom is 0.265 e. The summed E-state index contributed by atoms with van der Waals surface area (Å²) in [6.07, 6.45) is 4.25. The summed E-state index contributed by atoms with van der Waals surface area (Å²) in [4.78, 5) is 24.9. The molecule has 0 atom stereocenters. The van der Waals surface area contributed by atoms with Crippen molar-refractivity contribution in [2.24, 2.45) is 0 Å². The molecule has 0 aliphatic carbocycles. The lowest BCUT2D eigenvalue weighted by Gasteiger charge is -2.39. The van der Waals surface area contributed by atoms with Crippen LogP contribution < -0.4 is 0 Å². The maximum absolute atomic E-state index is 13.0. The van der Waals surface area contributed by atoms with E-state index < -0.39 is 0 Å². The summed E-state index contributed by atoms with van der Waals surface area (Å²) in [5, 5.41) is 5.32. The fraction of sp³-hybridized carbons (Fsp3) is 0.714. The van der Waals surface area contributed by atoms with Gasteiger partial charge in [0.05, 0.1) is 10.7 Å². The Bertz CT molecular complexity index is 866. The Morgan fingerprint density at radius 2 is 1.97 bits per heavy atom. The van der Waals surface area contributed by atoms with Crippen molar-refractivity contribution < 1.29 is 18.8 Å². The Morgan fingerprint density at radius 1 is 1.23 bits per heavy atom. The molecule has 0 radical (unpaired) electrons. The fourth-order valence-electron chi connectivity index (χ4n) is 4.45. The third-order valence-corrected chi connectivity index (χ3v) is 7.44. The van der Waals surface area contributed by atoms with Crippen LogP contribution >= 0.6 is 11.3 Å². The number of rotatable bonds is 6. The van der Waals surface area contributed by atoms with Crippen LogP contribution in [0, 0.1) is 13.8 Å². The van der Waals surface area contributed by atoms with E-state index in [0.29, 0.717) is 19.7 Å².